The van der Waals surface area contributed by atoms with Crippen LogP contribution < -0.4 is 5.32 Å². The van der Waals surface area contributed by atoms with Crippen LogP contribution in [0.15, 0.2) is 53.0 Å². The Balaban J connectivity index is 1.41. The molecule has 34 heavy (non-hydrogen) atoms. The van der Waals surface area contributed by atoms with Gasteiger partial charge in [-0.2, -0.15) is 0 Å². The summed E-state index contributed by atoms with van der Waals surface area (Å²) in [6.45, 7) is 3.03. The third-order valence-electron chi connectivity index (χ3n) is 5.43. The van der Waals surface area contributed by atoms with E-state index >= 15 is 0 Å². The molecule has 1 N–H and O–H groups in total. The van der Waals surface area contributed by atoms with Crippen LogP contribution in [0.5, 0.6) is 0 Å². The molecule has 3 heterocycles. The highest BCUT2D eigenvalue weighted by molar-refractivity contribution is 7.89. The molecule has 9 nitrogen and oxygen atoms in total. The van der Waals surface area contributed by atoms with Crippen LogP contribution in [0.4, 0.5) is 0 Å². The third kappa shape index (κ3) is 5.01. The van der Waals surface area contributed by atoms with Crippen molar-refractivity contribution in [3.05, 3.63) is 58.9 Å². The van der Waals surface area contributed by atoms with E-state index in [2.05, 4.69) is 20.3 Å². The van der Waals surface area contributed by atoms with Gasteiger partial charge in [-0.1, -0.05) is 0 Å². The number of rotatable bonds is 9. The predicted octanol–water partition coefficient (Wildman–Crippen LogP) is 3.07. The number of sulfonamides is 1. The van der Waals surface area contributed by atoms with E-state index in [0.29, 0.717) is 25.0 Å². The molecule has 0 fully saturated rings. The Morgan fingerprint density at radius 1 is 1.15 bits per heavy atom. The van der Waals surface area contributed by atoms with Crippen molar-refractivity contribution in [1.82, 2.24) is 29.1 Å². The van der Waals surface area contributed by atoms with Crippen LogP contribution in [0.25, 0.3) is 22.3 Å². The van der Waals surface area contributed by atoms with Gasteiger partial charge in [0.15, 0.2) is 0 Å². The van der Waals surface area contributed by atoms with Crippen molar-refractivity contribution in [1.29, 1.82) is 0 Å². The number of nitrogens with zero attached hydrogens (tertiary/aromatic N) is 5. The Hall–Kier alpha value is -3.15. The molecule has 3 aromatic heterocycles. The van der Waals surface area contributed by atoms with Gasteiger partial charge in [0.2, 0.25) is 15.9 Å². The molecule has 1 aromatic carbocycles. The number of hydrogen-bond donors (Lipinski definition) is 1. The van der Waals surface area contributed by atoms with Gasteiger partial charge in [0, 0.05) is 56.8 Å². The Morgan fingerprint density at radius 3 is 2.62 bits per heavy atom. The zero-order valence-electron chi connectivity index (χ0n) is 19.2. The van der Waals surface area contributed by atoms with Crippen LogP contribution >= 0.6 is 11.3 Å². The largest absolute Gasteiger partial charge is 0.350 e. The van der Waals surface area contributed by atoms with Gasteiger partial charge >= 0.3 is 0 Å². The smallest absolute Gasteiger partial charge is 0.242 e. The monoisotopic (exact) mass is 498 g/mol. The first-order chi connectivity index (χ1) is 16.3. The molecule has 0 radical (unpaired) electrons. The molecule has 0 saturated heterocycles. The van der Waals surface area contributed by atoms with E-state index in [4.69, 9.17) is 0 Å². The van der Waals surface area contributed by atoms with E-state index in [-0.39, 0.29) is 17.2 Å². The molecule has 0 bridgehead atoms. The molecule has 0 aliphatic heterocycles. The number of thiazole rings is 1. The minimum Gasteiger partial charge on any atom is -0.350 e. The van der Waals surface area contributed by atoms with Gasteiger partial charge in [-0.05, 0) is 37.3 Å². The molecule has 4 rings (SSSR count). The van der Waals surface area contributed by atoms with Crippen LogP contribution in [0.2, 0.25) is 0 Å². The predicted molar refractivity (Wildman–Crippen MR) is 132 cm³/mol. The fourth-order valence-electron chi connectivity index (χ4n) is 3.61. The quantitative estimate of drug-likeness (QED) is 0.380. The summed E-state index contributed by atoms with van der Waals surface area (Å²) >= 11 is 1.50. The minimum atomic E-state index is -3.54. The average molecular weight is 499 g/mol. The zero-order chi connectivity index (χ0) is 24.3. The summed E-state index contributed by atoms with van der Waals surface area (Å²) in [5, 5.41) is 5.71. The molecule has 0 saturated carbocycles. The second-order valence-electron chi connectivity index (χ2n) is 7.85. The van der Waals surface area contributed by atoms with Crippen molar-refractivity contribution in [2.24, 2.45) is 0 Å². The van der Waals surface area contributed by atoms with Gasteiger partial charge in [0.25, 0.3) is 0 Å². The first-order valence-corrected chi connectivity index (χ1v) is 13.1. The van der Waals surface area contributed by atoms with Crippen molar-refractivity contribution < 1.29 is 13.2 Å². The molecule has 0 spiro atoms. The van der Waals surface area contributed by atoms with Crippen LogP contribution in [0.3, 0.4) is 0 Å². The molecule has 4 aromatic rings. The SMILES string of the molecule is CCn1c(CCC(=O)NCc2nc(-c3ccncc3)cs2)nc2cc(S(=O)(=O)N(C)C)ccc21. The number of carbonyl (C=O) groups is 1. The second-order valence-corrected chi connectivity index (χ2v) is 10.9. The van der Waals surface area contributed by atoms with E-state index in [1.165, 1.54) is 29.7 Å². The maximum absolute atomic E-state index is 12.5. The first kappa shape index (κ1) is 24.0. The summed E-state index contributed by atoms with van der Waals surface area (Å²) in [6.07, 6.45) is 4.17. The molecular weight excluding hydrogens is 472 g/mol. The summed E-state index contributed by atoms with van der Waals surface area (Å²) in [7, 11) is -0.543. The summed E-state index contributed by atoms with van der Waals surface area (Å²) in [5.41, 5.74) is 3.31. The van der Waals surface area contributed by atoms with Gasteiger partial charge in [-0.3, -0.25) is 9.78 Å². The number of amides is 1. The number of fused-ring (bicyclic) bond motifs is 1. The van der Waals surface area contributed by atoms with E-state index < -0.39 is 10.0 Å². The van der Waals surface area contributed by atoms with E-state index in [9.17, 15) is 13.2 Å². The van der Waals surface area contributed by atoms with E-state index in [0.717, 1.165) is 27.6 Å². The number of hydrogen-bond acceptors (Lipinski definition) is 7. The Kier molecular flexibility index (Phi) is 7.05. The number of imidazole rings is 1. The molecule has 0 aliphatic rings. The van der Waals surface area contributed by atoms with Gasteiger partial charge < -0.3 is 9.88 Å². The molecule has 1 amide bonds. The first-order valence-electron chi connectivity index (χ1n) is 10.8. The highest BCUT2D eigenvalue weighted by Gasteiger charge is 2.19. The lowest BCUT2D eigenvalue weighted by Crippen LogP contribution is -2.23. The average Bonchev–Trinajstić information content (AvgIpc) is 3.45. The van der Waals surface area contributed by atoms with Crippen LogP contribution in [0.1, 0.15) is 24.2 Å². The van der Waals surface area contributed by atoms with Crippen molar-refractivity contribution >= 4 is 38.3 Å². The van der Waals surface area contributed by atoms with Crippen molar-refractivity contribution in [3.8, 4) is 11.3 Å². The Bertz CT molecular complexity index is 1410. The number of benzene rings is 1. The second kappa shape index (κ2) is 10.00. The van der Waals surface area contributed by atoms with E-state index in [1.807, 2.05) is 29.0 Å². The van der Waals surface area contributed by atoms with Crippen molar-refractivity contribution in [3.63, 3.8) is 0 Å². The Morgan fingerprint density at radius 2 is 1.91 bits per heavy atom. The lowest BCUT2D eigenvalue weighted by Gasteiger charge is -2.11. The van der Waals surface area contributed by atoms with E-state index in [1.54, 1.807) is 30.6 Å². The lowest BCUT2D eigenvalue weighted by atomic mass is 10.2. The van der Waals surface area contributed by atoms with Crippen molar-refractivity contribution in [2.45, 2.75) is 37.8 Å². The third-order valence-corrected chi connectivity index (χ3v) is 8.09. The summed E-state index contributed by atoms with van der Waals surface area (Å²) < 4.78 is 28.1. The summed E-state index contributed by atoms with van der Waals surface area (Å²) in [6, 6.07) is 8.75. The fourth-order valence-corrected chi connectivity index (χ4v) is 5.27. The van der Waals surface area contributed by atoms with Gasteiger partial charge in [0.1, 0.15) is 10.8 Å². The standard InChI is InChI=1S/C23H26N6O3S2/c1-4-29-20-6-5-17(34(31,32)28(2)3)13-18(20)26-21(29)7-8-22(30)25-14-23-27-19(15-33-23)16-9-11-24-12-10-16/h5-6,9-13,15H,4,7-8,14H2,1-3H3,(H,25,30). The number of nitrogens with one attached hydrogen (secondary N) is 1. The highest BCUT2D eigenvalue weighted by atomic mass is 32.2. The van der Waals surface area contributed by atoms with Gasteiger partial charge in [0.05, 0.1) is 28.2 Å². The lowest BCUT2D eigenvalue weighted by molar-refractivity contribution is -0.121. The molecular formula is C23H26N6O3S2. The number of pyridine rings is 1. The van der Waals surface area contributed by atoms with Crippen LogP contribution in [0, 0.1) is 0 Å². The zero-order valence-corrected chi connectivity index (χ0v) is 20.9. The maximum atomic E-state index is 12.5. The molecule has 0 unspecified atom stereocenters. The minimum absolute atomic E-state index is 0.0914. The number of aromatic nitrogens is 4. The maximum Gasteiger partial charge on any atom is 0.242 e. The fraction of sp³-hybridized carbons (Fsp3) is 0.304. The molecule has 0 aliphatic carbocycles. The molecule has 11 heteroatoms. The van der Waals surface area contributed by atoms with Crippen LogP contribution in [-0.2, 0) is 34.3 Å². The Labute approximate surface area is 202 Å². The summed E-state index contributed by atoms with van der Waals surface area (Å²) in [5.74, 6) is 0.660. The molecule has 0 atom stereocenters. The normalized spacial score (nSPS) is 11.9. The van der Waals surface area contributed by atoms with Crippen molar-refractivity contribution in [2.75, 3.05) is 14.1 Å². The topological polar surface area (TPSA) is 110 Å². The van der Waals surface area contributed by atoms with Gasteiger partial charge in [-0.25, -0.2) is 22.7 Å². The van der Waals surface area contributed by atoms with Gasteiger partial charge in [-0.15, -0.1) is 11.3 Å². The van der Waals surface area contributed by atoms with Crippen LogP contribution in [-0.4, -0.2) is 52.2 Å². The number of carbonyl (C=O) groups excluding carboxylic acids is 1. The molecule has 178 valence electrons. The highest BCUT2D eigenvalue weighted by Crippen LogP contribution is 2.23. The number of aryl methyl sites for hydroxylation is 2. The summed E-state index contributed by atoms with van der Waals surface area (Å²) in [4.78, 5) is 25.9.